The van der Waals surface area contributed by atoms with Crippen molar-refractivity contribution in [3.8, 4) is 5.75 Å². The Balaban J connectivity index is 1.86. The van der Waals surface area contributed by atoms with Crippen molar-refractivity contribution in [3.05, 3.63) is 29.8 Å². The van der Waals surface area contributed by atoms with Gasteiger partial charge in [0.05, 0.1) is 6.10 Å². The number of ether oxygens (including phenoxy) is 1. The number of ketones is 1. The van der Waals surface area contributed by atoms with Gasteiger partial charge in [-0.3, -0.25) is 4.79 Å². The van der Waals surface area contributed by atoms with Gasteiger partial charge in [-0.25, -0.2) is 0 Å². The van der Waals surface area contributed by atoms with Crippen LogP contribution in [0.15, 0.2) is 24.3 Å². The predicted molar refractivity (Wildman–Crippen MR) is 85.7 cm³/mol. The second-order valence-corrected chi connectivity index (χ2v) is 6.04. The summed E-state index contributed by atoms with van der Waals surface area (Å²) in [6, 6.07) is 7.62. The van der Waals surface area contributed by atoms with Crippen molar-refractivity contribution in [2.24, 2.45) is 11.7 Å². The Morgan fingerprint density at radius 2 is 2.14 bits per heavy atom. The molecule has 1 aromatic carbocycles. The van der Waals surface area contributed by atoms with Gasteiger partial charge in [0.15, 0.2) is 5.78 Å². The fourth-order valence-electron chi connectivity index (χ4n) is 2.68. The van der Waals surface area contributed by atoms with E-state index in [0.29, 0.717) is 25.0 Å². The Labute approximate surface area is 127 Å². The molecular formula is C18H27NO2. The highest BCUT2D eigenvalue weighted by Gasteiger charge is 2.23. The standard InChI is InChI=1S/C18H27NO2/c1-2-4-14(11-12-19)7-10-18(20)15-5-3-6-17(13-15)21-16-8-9-16/h3,5-6,13-14,16H,2,4,7-12,19H2,1H3. The normalized spacial score (nSPS) is 15.7. The van der Waals surface area contributed by atoms with Crippen LogP contribution in [0.4, 0.5) is 0 Å². The van der Waals surface area contributed by atoms with Crippen molar-refractivity contribution in [2.75, 3.05) is 6.54 Å². The molecule has 116 valence electrons. The highest BCUT2D eigenvalue weighted by atomic mass is 16.5. The van der Waals surface area contributed by atoms with Gasteiger partial charge in [-0.1, -0.05) is 31.9 Å². The molecule has 0 bridgehead atoms. The second kappa shape index (κ2) is 8.18. The van der Waals surface area contributed by atoms with E-state index in [1.165, 1.54) is 0 Å². The van der Waals surface area contributed by atoms with Crippen LogP contribution < -0.4 is 10.5 Å². The summed E-state index contributed by atoms with van der Waals surface area (Å²) in [7, 11) is 0. The SMILES string of the molecule is CCCC(CCN)CCC(=O)c1cccc(OC2CC2)c1. The summed E-state index contributed by atoms with van der Waals surface area (Å²) < 4.78 is 5.75. The van der Waals surface area contributed by atoms with E-state index in [4.69, 9.17) is 10.5 Å². The number of rotatable bonds is 10. The lowest BCUT2D eigenvalue weighted by Crippen LogP contribution is -2.11. The lowest BCUT2D eigenvalue weighted by atomic mass is 9.92. The fourth-order valence-corrected chi connectivity index (χ4v) is 2.68. The van der Waals surface area contributed by atoms with E-state index in [9.17, 15) is 4.79 Å². The van der Waals surface area contributed by atoms with Crippen LogP contribution in [-0.4, -0.2) is 18.4 Å². The molecule has 0 saturated heterocycles. The molecule has 1 unspecified atom stereocenters. The topological polar surface area (TPSA) is 52.3 Å². The van der Waals surface area contributed by atoms with Gasteiger partial charge in [-0.15, -0.1) is 0 Å². The zero-order chi connectivity index (χ0) is 15.1. The van der Waals surface area contributed by atoms with Crippen LogP contribution in [-0.2, 0) is 0 Å². The highest BCUT2D eigenvalue weighted by molar-refractivity contribution is 5.96. The van der Waals surface area contributed by atoms with Gasteiger partial charge in [0.25, 0.3) is 0 Å². The van der Waals surface area contributed by atoms with Gasteiger partial charge in [-0.05, 0) is 50.3 Å². The van der Waals surface area contributed by atoms with Gasteiger partial charge in [0, 0.05) is 12.0 Å². The van der Waals surface area contributed by atoms with Gasteiger partial charge < -0.3 is 10.5 Å². The molecule has 2 N–H and O–H groups in total. The Kier molecular flexibility index (Phi) is 6.24. The molecular weight excluding hydrogens is 262 g/mol. The smallest absolute Gasteiger partial charge is 0.163 e. The molecule has 1 aromatic rings. The number of hydrogen-bond acceptors (Lipinski definition) is 3. The Bertz CT molecular complexity index is 448. The van der Waals surface area contributed by atoms with Crippen molar-refractivity contribution < 1.29 is 9.53 Å². The van der Waals surface area contributed by atoms with Crippen LogP contribution in [0.2, 0.25) is 0 Å². The van der Waals surface area contributed by atoms with E-state index < -0.39 is 0 Å². The fraction of sp³-hybridized carbons (Fsp3) is 0.611. The van der Waals surface area contributed by atoms with Crippen LogP contribution in [0.3, 0.4) is 0 Å². The molecule has 1 aliphatic carbocycles. The summed E-state index contributed by atoms with van der Waals surface area (Å²) in [6.45, 7) is 2.90. The summed E-state index contributed by atoms with van der Waals surface area (Å²) in [6.07, 6.45) is 7.53. The predicted octanol–water partition coefficient (Wildman–Crippen LogP) is 3.96. The van der Waals surface area contributed by atoms with Gasteiger partial charge in [0.2, 0.25) is 0 Å². The maximum Gasteiger partial charge on any atom is 0.163 e. The number of carbonyl (C=O) groups excluding carboxylic acids is 1. The van der Waals surface area contributed by atoms with E-state index >= 15 is 0 Å². The quantitative estimate of drug-likeness (QED) is 0.663. The first kappa shape index (κ1) is 16.0. The van der Waals surface area contributed by atoms with Crippen LogP contribution in [0.1, 0.15) is 62.2 Å². The molecule has 3 heteroatoms. The second-order valence-electron chi connectivity index (χ2n) is 6.04. The Hall–Kier alpha value is -1.35. The Morgan fingerprint density at radius 3 is 2.81 bits per heavy atom. The third kappa shape index (κ3) is 5.50. The summed E-state index contributed by atoms with van der Waals surface area (Å²) >= 11 is 0. The summed E-state index contributed by atoms with van der Waals surface area (Å²) in [5, 5.41) is 0. The zero-order valence-corrected chi connectivity index (χ0v) is 13.0. The van der Waals surface area contributed by atoms with Crippen molar-refractivity contribution in [2.45, 2.75) is 58.0 Å². The lowest BCUT2D eigenvalue weighted by molar-refractivity contribution is 0.0971. The molecule has 1 saturated carbocycles. The minimum Gasteiger partial charge on any atom is -0.490 e. The number of carbonyl (C=O) groups is 1. The third-order valence-corrected chi connectivity index (χ3v) is 4.03. The van der Waals surface area contributed by atoms with Crippen molar-refractivity contribution in [1.82, 2.24) is 0 Å². The first-order valence-electron chi connectivity index (χ1n) is 8.23. The van der Waals surface area contributed by atoms with Crippen LogP contribution in [0.5, 0.6) is 5.75 Å². The molecule has 21 heavy (non-hydrogen) atoms. The van der Waals surface area contributed by atoms with E-state index in [1.807, 2.05) is 24.3 Å². The number of benzene rings is 1. The van der Waals surface area contributed by atoms with E-state index in [-0.39, 0.29) is 5.78 Å². The van der Waals surface area contributed by atoms with Gasteiger partial charge in [-0.2, -0.15) is 0 Å². The van der Waals surface area contributed by atoms with E-state index in [2.05, 4.69) is 6.92 Å². The van der Waals surface area contributed by atoms with Gasteiger partial charge >= 0.3 is 0 Å². The Morgan fingerprint density at radius 1 is 1.33 bits per heavy atom. The first-order valence-corrected chi connectivity index (χ1v) is 8.23. The third-order valence-electron chi connectivity index (χ3n) is 4.03. The molecule has 3 nitrogen and oxygen atoms in total. The largest absolute Gasteiger partial charge is 0.490 e. The zero-order valence-electron chi connectivity index (χ0n) is 13.0. The van der Waals surface area contributed by atoms with E-state index in [1.54, 1.807) is 0 Å². The highest BCUT2D eigenvalue weighted by Crippen LogP contribution is 2.27. The van der Waals surface area contributed by atoms with E-state index in [0.717, 1.165) is 49.8 Å². The number of nitrogens with two attached hydrogens (primary N) is 1. The van der Waals surface area contributed by atoms with Crippen molar-refractivity contribution >= 4 is 5.78 Å². The molecule has 0 amide bonds. The van der Waals surface area contributed by atoms with Gasteiger partial charge in [0.1, 0.15) is 5.75 Å². The molecule has 0 radical (unpaired) electrons. The van der Waals surface area contributed by atoms with Crippen molar-refractivity contribution in [1.29, 1.82) is 0 Å². The number of hydrogen-bond donors (Lipinski definition) is 1. The molecule has 0 spiro atoms. The minimum atomic E-state index is 0.217. The average Bonchev–Trinajstić information content (AvgIpc) is 3.29. The molecule has 0 aliphatic heterocycles. The van der Waals surface area contributed by atoms with Crippen LogP contribution in [0.25, 0.3) is 0 Å². The molecule has 1 atom stereocenters. The average molecular weight is 289 g/mol. The number of Topliss-reactive ketones (excluding diaryl/α,β-unsaturated/α-hetero) is 1. The summed E-state index contributed by atoms with van der Waals surface area (Å²) in [4.78, 5) is 12.3. The molecule has 1 fully saturated rings. The van der Waals surface area contributed by atoms with Crippen LogP contribution >= 0.6 is 0 Å². The maximum atomic E-state index is 12.3. The maximum absolute atomic E-state index is 12.3. The summed E-state index contributed by atoms with van der Waals surface area (Å²) in [5.74, 6) is 1.62. The van der Waals surface area contributed by atoms with Crippen molar-refractivity contribution in [3.63, 3.8) is 0 Å². The molecule has 2 rings (SSSR count). The first-order chi connectivity index (χ1) is 10.2. The van der Waals surface area contributed by atoms with Crippen LogP contribution in [0, 0.1) is 5.92 Å². The lowest BCUT2D eigenvalue weighted by Gasteiger charge is -2.14. The molecule has 0 heterocycles. The monoisotopic (exact) mass is 289 g/mol. The molecule has 1 aliphatic rings. The minimum absolute atomic E-state index is 0.217. The molecule has 0 aromatic heterocycles. The summed E-state index contributed by atoms with van der Waals surface area (Å²) in [5.41, 5.74) is 6.42.